The summed E-state index contributed by atoms with van der Waals surface area (Å²) in [6, 6.07) is 7.46. The van der Waals surface area contributed by atoms with Crippen molar-refractivity contribution in [3.8, 4) is 0 Å². The van der Waals surface area contributed by atoms with Crippen molar-refractivity contribution >= 4 is 29.6 Å². The van der Waals surface area contributed by atoms with Crippen LogP contribution in [0.1, 0.15) is 5.82 Å². The monoisotopic (exact) mass is 222 g/mol. The topological polar surface area (TPSA) is 55.1 Å². The van der Waals surface area contributed by atoms with Crippen LogP contribution in [0.4, 0.5) is 0 Å². The summed E-state index contributed by atoms with van der Waals surface area (Å²) in [5, 5.41) is 8.79. The number of carbonyl (C=O) groups is 1. The summed E-state index contributed by atoms with van der Waals surface area (Å²) in [6.45, 7) is -0.0730. The number of rotatable bonds is 3. The molecule has 0 amide bonds. The molecule has 4 nitrogen and oxygen atoms in total. The second kappa shape index (κ2) is 3.94. The molecule has 1 heterocycles. The summed E-state index contributed by atoms with van der Waals surface area (Å²) in [5.74, 6) is 0.241. The predicted octanol–water partition coefficient (Wildman–Crippen LogP) is 1.55. The first-order chi connectivity index (χ1) is 7.22. The Balaban J connectivity index is 2.61. The minimum absolute atomic E-state index is 0.0730. The Bertz CT molecular complexity index is 507. The Morgan fingerprint density at radius 3 is 2.87 bits per heavy atom. The van der Waals surface area contributed by atoms with Crippen molar-refractivity contribution < 1.29 is 9.90 Å². The van der Waals surface area contributed by atoms with Crippen molar-refractivity contribution in [2.75, 3.05) is 0 Å². The van der Waals surface area contributed by atoms with Crippen LogP contribution in [-0.2, 0) is 17.1 Å². The van der Waals surface area contributed by atoms with Crippen LogP contribution < -0.4 is 0 Å². The Kier molecular flexibility index (Phi) is 2.64. The first kappa shape index (κ1) is 10.0. The zero-order valence-electron chi connectivity index (χ0n) is 7.92. The van der Waals surface area contributed by atoms with E-state index in [1.54, 1.807) is 4.57 Å². The van der Waals surface area contributed by atoms with Crippen LogP contribution in [0.3, 0.4) is 0 Å². The molecule has 15 heavy (non-hydrogen) atoms. The van der Waals surface area contributed by atoms with Crippen LogP contribution >= 0.6 is 12.6 Å². The first-order valence-electron chi connectivity index (χ1n) is 4.49. The molecule has 0 atom stereocenters. The number of para-hydroxylation sites is 2. The van der Waals surface area contributed by atoms with E-state index in [-0.39, 0.29) is 6.54 Å². The Morgan fingerprint density at radius 2 is 2.20 bits per heavy atom. The lowest BCUT2D eigenvalue weighted by atomic mass is 10.3. The number of benzene rings is 1. The van der Waals surface area contributed by atoms with Crippen molar-refractivity contribution in [2.24, 2.45) is 0 Å². The molecule has 0 radical (unpaired) electrons. The molecule has 1 aromatic heterocycles. The summed E-state index contributed by atoms with van der Waals surface area (Å²) < 4.78 is 1.67. The van der Waals surface area contributed by atoms with Gasteiger partial charge in [-0.05, 0) is 12.1 Å². The van der Waals surface area contributed by atoms with Crippen LogP contribution in [0, 0.1) is 0 Å². The SMILES string of the molecule is O=C(O)Cn1c(CS)nc2ccccc21. The smallest absolute Gasteiger partial charge is 0.323 e. The van der Waals surface area contributed by atoms with E-state index in [1.165, 1.54) is 0 Å². The number of fused-ring (bicyclic) bond motifs is 1. The molecular weight excluding hydrogens is 212 g/mol. The lowest BCUT2D eigenvalue weighted by Gasteiger charge is -2.03. The fraction of sp³-hybridized carbons (Fsp3) is 0.200. The third-order valence-electron chi connectivity index (χ3n) is 2.17. The molecule has 5 heteroatoms. The summed E-state index contributed by atoms with van der Waals surface area (Å²) >= 11 is 4.14. The minimum atomic E-state index is -0.874. The van der Waals surface area contributed by atoms with Crippen LogP contribution in [-0.4, -0.2) is 20.6 Å². The molecule has 0 saturated heterocycles. The number of nitrogens with zero attached hydrogens (tertiary/aromatic N) is 2. The van der Waals surface area contributed by atoms with Crippen molar-refractivity contribution in [1.82, 2.24) is 9.55 Å². The highest BCUT2D eigenvalue weighted by Gasteiger charge is 2.10. The van der Waals surface area contributed by atoms with Gasteiger partial charge in [0.1, 0.15) is 12.4 Å². The van der Waals surface area contributed by atoms with Gasteiger partial charge in [0.2, 0.25) is 0 Å². The van der Waals surface area contributed by atoms with E-state index in [0.29, 0.717) is 11.6 Å². The first-order valence-corrected chi connectivity index (χ1v) is 5.12. The maximum atomic E-state index is 10.7. The number of hydrogen-bond acceptors (Lipinski definition) is 3. The van der Waals surface area contributed by atoms with Gasteiger partial charge < -0.3 is 9.67 Å². The molecule has 0 fully saturated rings. The number of thiol groups is 1. The number of imidazole rings is 1. The van der Waals surface area contributed by atoms with E-state index in [4.69, 9.17) is 5.11 Å². The van der Waals surface area contributed by atoms with Gasteiger partial charge in [-0.25, -0.2) is 4.98 Å². The second-order valence-corrected chi connectivity index (χ2v) is 3.47. The number of carboxylic acid groups (broad SMARTS) is 1. The normalized spacial score (nSPS) is 10.7. The van der Waals surface area contributed by atoms with Gasteiger partial charge >= 0.3 is 5.97 Å². The van der Waals surface area contributed by atoms with Crippen LogP contribution in [0.2, 0.25) is 0 Å². The van der Waals surface area contributed by atoms with E-state index in [9.17, 15) is 4.79 Å². The number of hydrogen-bond donors (Lipinski definition) is 2. The third-order valence-corrected chi connectivity index (χ3v) is 2.45. The van der Waals surface area contributed by atoms with E-state index >= 15 is 0 Å². The Morgan fingerprint density at radius 1 is 1.47 bits per heavy atom. The maximum Gasteiger partial charge on any atom is 0.323 e. The average Bonchev–Trinajstić information content (AvgIpc) is 2.56. The fourth-order valence-corrected chi connectivity index (χ4v) is 1.80. The molecule has 2 rings (SSSR count). The summed E-state index contributed by atoms with van der Waals surface area (Å²) in [7, 11) is 0. The molecule has 78 valence electrons. The molecule has 1 N–H and O–H groups in total. The average molecular weight is 222 g/mol. The fourth-order valence-electron chi connectivity index (χ4n) is 1.56. The molecule has 0 aliphatic rings. The summed E-state index contributed by atoms with van der Waals surface area (Å²) in [5.41, 5.74) is 1.65. The summed E-state index contributed by atoms with van der Waals surface area (Å²) in [4.78, 5) is 15.0. The van der Waals surface area contributed by atoms with Gasteiger partial charge in [-0.3, -0.25) is 4.79 Å². The maximum absolute atomic E-state index is 10.7. The van der Waals surface area contributed by atoms with Gasteiger partial charge in [0.15, 0.2) is 0 Å². The predicted molar refractivity (Wildman–Crippen MR) is 60.1 cm³/mol. The molecule has 0 bridgehead atoms. The number of aromatic nitrogens is 2. The van der Waals surface area contributed by atoms with Gasteiger partial charge in [-0.2, -0.15) is 12.6 Å². The molecule has 0 unspecified atom stereocenters. The zero-order chi connectivity index (χ0) is 10.8. The molecule has 0 spiro atoms. The number of carboxylic acids is 1. The van der Waals surface area contributed by atoms with E-state index < -0.39 is 5.97 Å². The quantitative estimate of drug-likeness (QED) is 0.775. The van der Waals surface area contributed by atoms with Gasteiger partial charge in [-0.15, -0.1) is 0 Å². The van der Waals surface area contributed by atoms with Crippen molar-refractivity contribution in [3.63, 3.8) is 0 Å². The largest absolute Gasteiger partial charge is 0.480 e. The van der Waals surface area contributed by atoms with Crippen molar-refractivity contribution in [2.45, 2.75) is 12.3 Å². The lowest BCUT2D eigenvalue weighted by Crippen LogP contribution is -2.11. The highest BCUT2D eigenvalue weighted by atomic mass is 32.1. The van der Waals surface area contributed by atoms with Gasteiger partial charge in [0.25, 0.3) is 0 Å². The third kappa shape index (κ3) is 1.83. The second-order valence-electron chi connectivity index (χ2n) is 3.15. The highest BCUT2D eigenvalue weighted by molar-refractivity contribution is 7.79. The molecule has 0 aliphatic carbocycles. The van der Waals surface area contributed by atoms with Gasteiger partial charge in [0, 0.05) is 5.75 Å². The van der Waals surface area contributed by atoms with Crippen LogP contribution in [0.15, 0.2) is 24.3 Å². The zero-order valence-corrected chi connectivity index (χ0v) is 8.82. The Labute approximate surface area is 92.0 Å². The van der Waals surface area contributed by atoms with Crippen molar-refractivity contribution in [3.05, 3.63) is 30.1 Å². The molecule has 1 aromatic carbocycles. The number of aliphatic carboxylic acids is 1. The van der Waals surface area contributed by atoms with Gasteiger partial charge in [0.05, 0.1) is 11.0 Å². The van der Waals surface area contributed by atoms with Crippen LogP contribution in [0.25, 0.3) is 11.0 Å². The summed E-state index contributed by atoms with van der Waals surface area (Å²) in [6.07, 6.45) is 0. The standard InChI is InChI=1S/C10H10N2O2S/c13-10(14)5-12-8-4-2-1-3-7(8)11-9(12)6-15/h1-4,15H,5-6H2,(H,13,14). The van der Waals surface area contributed by atoms with E-state index in [2.05, 4.69) is 17.6 Å². The Hall–Kier alpha value is -1.49. The van der Waals surface area contributed by atoms with Gasteiger partial charge in [-0.1, -0.05) is 12.1 Å². The molecule has 0 saturated carbocycles. The minimum Gasteiger partial charge on any atom is -0.480 e. The van der Waals surface area contributed by atoms with E-state index in [1.807, 2.05) is 24.3 Å². The van der Waals surface area contributed by atoms with Crippen molar-refractivity contribution in [1.29, 1.82) is 0 Å². The van der Waals surface area contributed by atoms with E-state index in [0.717, 1.165) is 11.0 Å². The lowest BCUT2D eigenvalue weighted by molar-refractivity contribution is -0.137. The highest BCUT2D eigenvalue weighted by Crippen LogP contribution is 2.16. The van der Waals surface area contributed by atoms with Crippen LogP contribution in [0.5, 0.6) is 0 Å². The molecule has 0 aliphatic heterocycles. The molecule has 2 aromatic rings. The molecular formula is C10H10N2O2S.